The van der Waals surface area contributed by atoms with Gasteiger partial charge in [0.25, 0.3) is 0 Å². The Morgan fingerprint density at radius 2 is 2.11 bits per heavy atom. The van der Waals surface area contributed by atoms with E-state index in [1.807, 2.05) is 0 Å². The Morgan fingerprint density at radius 1 is 1.42 bits per heavy atom. The van der Waals surface area contributed by atoms with Crippen LogP contribution in [0.5, 0.6) is 0 Å². The first-order chi connectivity index (χ1) is 9.04. The summed E-state index contributed by atoms with van der Waals surface area (Å²) >= 11 is 3.53. The van der Waals surface area contributed by atoms with Crippen molar-refractivity contribution in [1.29, 1.82) is 0 Å². The molecule has 0 aliphatic heterocycles. The Morgan fingerprint density at radius 3 is 2.68 bits per heavy atom. The predicted octanol–water partition coefficient (Wildman–Crippen LogP) is 4.12. The largest absolute Gasteiger partial charge is 0.478 e. The highest BCUT2D eigenvalue weighted by atomic mass is 79.9. The molecule has 1 aromatic rings. The highest BCUT2D eigenvalue weighted by molar-refractivity contribution is 9.10. The average Bonchev–Trinajstić information content (AvgIpc) is 2.36. The molecule has 0 aromatic heterocycles. The molecule has 2 N–H and O–H groups in total. The highest BCUT2D eigenvalue weighted by Crippen LogP contribution is 2.27. The van der Waals surface area contributed by atoms with Crippen molar-refractivity contribution in [3.05, 3.63) is 39.9 Å². The van der Waals surface area contributed by atoms with E-state index < -0.39 is 5.97 Å². The molecule has 0 spiro atoms. The average molecular weight is 324 g/mol. The summed E-state index contributed by atoms with van der Waals surface area (Å²) in [6.07, 6.45) is 5.09. The maximum atomic E-state index is 10.6. The maximum Gasteiger partial charge on any atom is 0.328 e. The Bertz CT molecular complexity index is 501. The molecule has 0 saturated heterocycles. The molecule has 1 aliphatic rings. The van der Waals surface area contributed by atoms with Gasteiger partial charge in [-0.05, 0) is 50.3 Å². The van der Waals surface area contributed by atoms with Gasteiger partial charge in [0.05, 0.1) is 0 Å². The van der Waals surface area contributed by atoms with Crippen LogP contribution in [-0.4, -0.2) is 17.1 Å². The summed E-state index contributed by atoms with van der Waals surface area (Å²) in [6.45, 7) is 2.07. The molecule has 0 radical (unpaired) electrons. The summed E-state index contributed by atoms with van der Waals surface area (Å²) in [5, 5.41) is 12.2. The minimum absolute atomic E-state index is 0.431. The molecule has 1 aromatic carbocycles. The highest BCUT2D eigenvalue weighted by Gasteiger charge is 2.17. The van der Waals surface area contributed by atoms with Crippen LogP contribution in [0.3, 0.4) is 0 Å². The molecule has 1 saturated carbocycles. The second kappa shape index (κ2) is 6.24. The van der Waals surface area contributed by atoms with Crippen LogP contribution in [-0.2, 0) is 4.79 Å². The van der Waals surface area contributed by atoms with Gasteiger partial charge in [-0.2, -0.15) is 0 Å². The fraction of sp³-hybridized carbons (Fsp3) is 0.400. The Kier molecular flexibility index (Phi) is 4.64. The van der Waals surface area contributed by atoms with Crippen molar-refractivity contribution < 1.29 is 9.90 Å². The van der Waals surface area contributed by atoms with Crippen molar-refractivity contribution in [3.8, 4) is 0 Å². The zero-order valence-electron chi connectivity index (χ0n) is 10.9. The number of aryl methyl sites for hydroxylation is 1. The number of allylic oxidation sites excluding steroid dienone is 1. The molecule has 0 unspecified atom stereocenters. The summed E-state index contributed by atoms with van der Waals surface area (Å²) < 4.78 is 1.11. The van der Waals surface area contributed by atoms with Crippen molar-refractivity contribution >= 4 is 27.6 Å². The van der Waals surface area contributed by atoms with E-state index in [0.717, 1.165) is 41.4 Å². The zero-order valence-corrected chi connectivity index (χ0v) is 12.5. The van der Waals surface area contributed by atoms with Crippen LogP contribution in [0.15, 0.2) is 34.3 Å². The number of hydrogen-bond acceptors (Lipinski definition) is 2. The number of aliphatic carboxylic acids is 1. The van der Waals surface area contributed by atoms with Gasteiger partial charge in [-0.3, -0.25) is 0 Å². The monoisotopic (exact) mass is 323 g/mol. The van der Waals surface area contributed by atoms with E-state index in [9.17, 15) is 4.79 Å². The third kappa shape index (κ3) is 4.10. The van der Waals surface area contributed by atoms with Crippen LogP contribution in [0.1, 0.15) is 31.2 Å². The Hall–Kier alpha value is -1.29. The van der Waals surface area contributed by atoms with Crippen LogP contribution in [0, 0.1) is 6.92 Å². The van der Waals surface area contributed by atoms with Crippen LogP contribution in [0.4, 0.5) is 5.69 Å². The number of carboxylic acid groups (broad SMARTS) is 1. The molecule has 1 fully saturated rings. The standard InChI is InChI=1S/C15H18BrNO2/c1-10-2-5-13(9-14(10)16)17-12-6-3-11(4-7-12)8-15(18)19/h2,5,8-9,12,17H,3-4,6-7H2,1H3,(H,18,19). The SMILES string of the molecule is Cc1ccc(NC2CCC(=CC(=O)O)CC2)cc1Br. The molecular formula is C15H18BrNO2. The lowest BCUT2D eigenvalue weighted by atomic mass is 9.90. The van der Waals surface area contributed by atoms with Gasteiger partial charge in [-0.15, -0.1) is 0 Å². The predicted molar refractivity (Wildman–Crippen MR) is 80.5 cm³/mol. The molecule has 0 bridgehead atoms. The van der Waals surface area contributed by atoms with Crippen molar-refractivity contribution in [2.75, 3.05) is 5.32 Å². The lowest BCUT2D eigenvalue weighted by Gasteiger charge is -2.25. The second-order valence-electron chi connectivity index (χ2n) is 5.02. The number of carbonyl (C=O) groups is 1. The summed E-state index contributed by atoms with van der Waals surface area (Å²) in [6, 6.07) is 6.70. The fourth-order valence-corrected chi connectivity index (χ4v) is 2.75. The minimum atomic E-state index is -0.830. The molecule has 0 heterocycles. The van der Waals surface area contributed by atoms with E-state index in [1.165, 1.54) is 11.6 Å². The third-order valence-electron chi connectivity index (χ3n) is 3.50. The molecule has 3 nitrogen and oxygen atoms in total. The Balaban J connectivity index is 1.92. The molecule has 4 heteroatoms. The minimum Gasteiger partial charge on any atom is -0.478 e. The van der Waals surface area contributed by atoms with E-state index in [0.29, 0.717) is 6.04 Å². The third-order valence-corrected chi connectivity index (χ3v) is 4.35. The first-order valence-electron chi connectivity index (χ1n) is 6.49. The molecule has 19 heavy (non-hydrogen) atoms. The van der Waals surface area contributed by atoms with Gasteiger partial charge in [-0.25, -0.2) is 4.79 Å². The van der Waals surface area contributed by atoms with Gasteiger partial charge < -0.3 is 10.4 Å². The van der Waals surface area contributed by atoms with E-state index in [4.69, 9.17) is 5.11 Å². The van der Waals surface area contributed by atoms with E-state index >= 15 is 0 Å². The summed E-state index contributed by atoms with van der Waals surface area (Å²) in [5.74, 6) is -0.830. The smallest absolute Gasteiger partial charge is 0.328 e. The van der Waals surface area contributed by atoms with Crippen LogP contribution < -0.4 is 5.32 Å². The zero-order chi connectivity index (χ0) is 13.8. The molecular weight excluding hydrogens is 306 g/mol. The van der Waals surface area contributed by atoms with Crippen molar-refractivity contribution in [1.82, 2.24) is 0 Å². The van der Waals surface area contributed by atoms with Crippen LogP contribution in [0.2, 0.25) is 0 Å². The molecule has 102 valence electrons. The summed E-state index contributed by atoms with van der Waals surface area (Å²) in [7, 11) is 0. The first-order valence-corrected chi connectivity index (χ1v) is 7.29. The number of rotatable bonds is 3. The van der Waals surface area contributed by atoms with Crippen LogP contribution >= 0.6 is 15.9 Å². The fourth-order valence-electron chi connectivity index (χ4n) is 2.37. The molecule has 2 rings (SSSR count). The van der Waals surface area contributed by atoms with Gasteiger partial charge in [0.2, 0.25) is 0 Å². The van der Waals surface area contributed by atoms with E-state index in [-0.39, 0.29) is 0 Å². The number of anilines is 1. The second-order valence-corrected chi connectivity index (χ2v) is 5.88. The molecule has 0 atom stereocenters. The van der Waals surface area contributed by atoms with Gasteiger partial charge in [0.1, 0.15) is 0 Å². The quantitative estimate of drug-likeness (QED) is 0.822. The maximum absolute atomic E-state index is 10.6. The number of nitrogens with one attached hydrogen (secondary N) is 1. The number of hydrogen-bond donors (Lipinski definition) is 2. The summed E-state index contributed by atoms with van der Waals surface area (Å²) in [4.78, 5) is 10.6. The lowest BCUT2D eigenvalue weighted by molar-refractivity contribution is -0.131. The number of benzene rings is 1. The molecule has 1 aliphatic carbocycles. The normalized spacial score (nSPS) is 19.1. The topological polar surface area (TPSA) is 49.3 Å². The van der Waals surface area contributed by atoms with Gasteiger partial charge >= 0.3 is 5.97 Å². The summed E-state index contributed by atoms with van der Waals surface area (Å²) in [5.41, 5.74) is 3.39. The van der Waals surface area contributed by atoms with Gasteiger partial charge in [-0.1, -0.05) is 27.6 Å². The van der Waals surface area contributed by atoms with Gasteiger partial charge in [0, 0.05) is 22.3 Å². The Labute approximate surface area is 121 Å². The van der Waals surface area contributed by atoms with Crippen molar-refractivity contribution in [2.24, 2.45) is 0 Å². The van der Waals surface area contributed by atoms with Crippen LogP contribution in [0.25, 0.3) is 0 Å². The number of halogens is 1. The van der Waals surface area contributed by atoms with Crippen molar-refractivity contribution in [2.45, 2.75) is 38.6 Å². The number of carboxylic acids is 1. The lowest BCUT2D eigenvalue weighted by Crippen LogP contribution is -2.23. The van der Waals surface area contributed by atoms with Gasteiger partial charge in [0.15, 0.2) is 0 Å². The first kappa shape index (κ1) is 14.1. The van der Waals surface area contributed by atoms with E-state index in [2.05, 4.69) is 46.4 Å². The molecule has 0 amide bonds. The van der Waals surface area contributed by atoms with E-state index in [1.54, 1.807) is 0 Å². The van der Waals surface area contributed by atoms with Crippen molar-refractivity contribution in [3.63, 3.8) is 0 Å².